The lowest BCUT2D eigenvalue weighted by Gasteiger charge is -2.15. The van der Waals surface area contributed by atoms with Gasteiger partial charge in [0, 0.05) is 22.7 Å². The molecule has 7 heteroatoms. The van der Waals surface area contributed by atoms with E-state index in [0.717, 1.165) is 36.6 Å². The first-order valence-electron chi connectivity index (χ1n) is 15.8. The third-order valence-corrected chi connectivity index (χ3v) is 9.93. The molecule has 2 aliphatic heterocycles. The van der Waals surface area contributed by atoms with Gasteiger partial charge in [-0.2, -0.15) is 0 Å². The number of ether oxygens (including phenoxy) is 2. The number of carbonyl (C=O) groups excluding carboxylic acids is 2. The van der Waals surface area contributed by atoms with Crippen LogP contribution in [0.5, 0.6) is 11.5 Å². The molecule has 0 unspecified atom stereocenters. The lowest BCUT2D eigenvalue weighted by molar-refractivity contribution is 0.0646. The number of nitrogens with zero attached hydrogens (tertiary/aromatic N) is 2. The zero-order chi connectivity index (χ0) is 30.6. The van der Waals surface area contributed by atoms with E-state index < -0.39 is 0 Å². The van der Waals surface area contributed by atoms with Gasteiger partial charge in [0.2, 0.25) is 0 Å². The van der Waals surface area contributed by atoms with Crippen molar-refractivity contribution in [2.24, 2.45) is 0 Å². The molecule has 0 bridgehead atoms. The molecule has 0 radical (unpaired) electrons. The Hall–Kier alpha value is -4.46. The number of thiophene rings is 1. The molecular weight excluding hydrogens is 580 g/mol. The van der Waals surface area contributed by atoms with Crippen LogP contribution in [0.15, 0.2) is 97.1 Å². The van der Waals surface area contributed by atoms with Crippen molar-refractivity contribution in [3.63, 3.8) is 0 Å². The number of likely N-dealkylation sites (tertiary alicyclic amines) is 1. The monoisotopic (exact) mass is 616 g/mol. The molecule has 1 aromatic heterocycles. The molecule has 2 aliphatic rings. The Morgan fingerprint density at radius 3 is 2.00 bits per heavy atom. The average Bonchev–Trinajstić information content (AvgIpc) is 3.79. The summed E-state index contributed by atoms with van der Waals surface area (Å²) in [6.07, 6.45) is 4.00. The van der Waals surface area contributed by atoms with Crippen LogP contribution in [0.25, 0.3) is 20.5 Å². The summed E-state index contributed by atoms with van der Waals surface area (Å²) >= 11 is 1.82. The maximum Gasteiger partial charge on any atom is 0.261 e. The van der Waals surface area contributed by atoms with Crippen LogP contribution in [-0.2, 0) is 6.42 Å². The molecule has 45 heavy (non-hydrogen) atoms. The summed E-state index contributed by atoms with van der Waals surface area (Å²) in [7, 11) is 0. The van der Waals surface area contributed by atoms with E-state index in [1.54, 1.807) is 24.3 Å². The topological polar surface area (TPSA) is 59.1 Å². The van der Waals surface area contributed by atoms with E-state index in [1.807, 2.05) is 23.5 Å². The molecule has 4 aromatic carbocycles. The number of fused-ring (bicyclic) bond motifs is 2. The van der Waals surface area contributed by atoms with Crippen LogP contribution < -0.4 is 9.47 Å². The summed E-state index contributed by atoms with van der Waals surface area (Å²) in [5.74, 6) is 1.24. The van der Waals surface area contributed by atoms with Gasteiger partial charge in [0.1, 0.15) is 18.1 Å². The molecule has 0 saturated carbocycles. The molecule has 7 rings (SSSR count). The van der Waals surface area contributed by atoms with Crippen molar-refractivity contribution in [1.29, 1.82) is 0 Å². The van der Waals surface area contributed by atoms with Crippen molar-refractivity contribution in [2.75, 3.05) is 39.4 Å². The highest BCUT2D eigenvalue weighted by atomic mass is 32.1. The number of hydrogen-bond donors (Lipinski definition) is 0. The highest BCUT2D eigenvalue weighted by Gasteiger charge is 2.34. The predicted molar refractivity (Wildman–Crippen MR) is 180 cm³/mol. The molecule has 1 saturated heterocycles. The first-order valence-corrected chi connectivity index (χ1v) is 16.6. The minimum absolute atomic E-state index is 0.226. The van der Waals surface area contributed by atoms with Crippen molar-refractivity contribution in [2.45, 2.75) is 25.7 Å². The Labute approximate surface area is 267 Å². The normalized spacial score (nSPS) is 14.8. The molecule has 1 fully saturated rings. The van der Waals surface area contributed by atoms with E-state index in [9.17, 15) is 9.59 Å². The van der Waals surface area contributed by atoms with Gasteiger partial charge in [-0.05, 0) is 115 Å². The summed E-state index contributed by atoms with van der Waals surface area (Å²) in [6, 6.07) is 32.4. The van der Waals surface area contributed by atoms with Crippen LogP contribution in [0.3, 0.4) is 0 Å². The zero-order valence-corrected chi connectivity index (χ0v) is 26.1. The van der Waals surface area contributed by atoms with Gasteiger partial charge in [-0.3, -0.25) is 19.4 Å². The molecule has 0 spiro atoms. The minimum atomic E-state index is -0.226. The van der Waals surface area contributed by atoms with Crippen LogP contribution >= 0.6 is 11.3 Å². The van der Waals surface area contributed by atoms with Gasteiger partial charge in [0.15, 0.2) is 0 Å². The average molecular weight is 617 g/mol. The van der Waals surface area contributed by atoms with Crippen molar-refractivity contribution in [3.8, 4) is 21.9 Å². The molecular formula is C38H36N2O4S. The van der Waals surface area contributed by atoms with E-state index in [-0.39, 0.29) is 11.8 Å². The molecule has 2 amide bonds. The second-order valence-electron chi connectivity index (χ2n) is 11.7. The van der Waals surface area contributed by atoms with Crippen LogP contribution in [0.2, 0.25) is 0 Å². The molecule has 3 heterocycles. The summed E-state index contributed by atoms with van der Waals surface area (Å²) in [4.78, 5) is 30.3. The van der Waals surface area contributed by atoms with Gasteiger partial charge >= 0.3 is 0 Å². The van der Waals surface area contributed by atoms with Gasteiger partial charge in [-0.1, -0.05) is 42.5 Å². The van der Waals surface area contributed by atoms with Gasteiger partial charge in [-0.15, -0.1) is 11.3 Å². The molecule has 5 aromatic rings. The van der Waals surface area contributed by atoms with Crippen molar-refractivity contribution >= 4 is 33.2 Å². The quantitative estimate of drug-likeness (QED) is 0.106. The van der Waals surface area contributed by atoms with E-state index in [1.165, 1.54) is 56.9 Å². The maximum absolute atomic E-state index is 12.6. The second kappa shape index (κ2) is 13.3. The third kappa shape index (κ3) is 6.37. The summed E-state index contributed by atoms with van der Waals surface area (Å²) in [5, 5.41) is 1.29. The standard InChI is InChI=1S/C38H36N2O4S/c41-37-32-9-1-2-10-33(32)38(42)40(37)22-7-24-43-30-18-14-28(15-19-30)36-34(31-8-3-4-11-35(31)45-36)26-27-12-16-29(17-13-27)44-25-23-39-20-5-6-21-39/h1-4,8-19H,5-7,20-26H2. The smallest absolute Gasteiger partial charge is 0.261 e. The van der Waals surface area contributed by atoms with E-state index in [4.69, 9.17) is 9.47 Å². The van der Waals surface area contributed by atoms with Crippen LogP contribution in [0.4, 0.5) is 0 Å². The number of benzene rings is 4. The Bertz CT molecular complexity index is 1770. The van der Waals surface area contributed by atoms with Crippen LogP contribution in [0.1, 0.15) is 51.1 Å². The Kier molecular flexibility index (Phi) is 8.63. The van der Waals surface area contributed by atoms with Gasteiger partial charge in [-0.25, -0.2) is 0 Å². The molecule has 0 aliphatic carbocycles. The third-order valence-electron chi connectivity index (χ3n) is 8.67. The minimum Gasteiger partial charge on any atom is -0.494 e. The SMILES string of the molecule is O=C1c2ccccc2C(=O)N1CCCOc1ccc(-c2sc3ccccc3c2Cc2ccc(OCCN3CCCC3)cc2)cc1. The molecule has 0 N–H and O–H groups in total. The Morgan fingerprint density at radius 1 is 0.667 bits per heavy atom. The van der Waals surface area contributed by atoms with Crippen LogP contribution in [-0.4, -0.2) is 61.0 Å². The summed E-state index contributed by atoms with van der Waals surface area (Å²) in [6.45, 7) is 4.85. The number of rotatable bonds is 12. The maximum atomic E-state index is 12.6. The van der Waals surface area contributed by atoms with Crippen molar-refractivity contribution in [1.82, 2.24) is 9.80 Å². The lowest BCUT2D eigenvalue weighted by Crippen LogP contribution is -2.31. The van der Waals surface area contributed by atoms with Crippen molar-refractivity contribution < 1.29 is 19.1 Å². The van der Waals surface area contributed by atoms with Gasteiger partial charge in [0.25, 0.3) is 11.8 Å². The highest BCUT2D eigenvalue weighted by molar-refractivity contribution is 7.22. The van der Waals surface area contributed by atoms with Gasteiger partial charge in [0.05, 0.1) is 17.7 Å². The lowest BCUT2D eigenvalue weighted by atomic mass is 9.99. The second-order valence-corrected chi connectivity index (χ2v) is 12.7. The number of hydrogen-bond acceptors (Lipinski definition) is 6. The fraction of sp³-hybridized carbons (Fsp3) is 0.263. The Morgan fingerprint density at radius 2 is 1.29 bits per heavy atom. The predicted octanol–water partition coefficient (Wildman–Crippen LogP) is 7.70. The Balaban J connectivity index is 0.980. The summed E-state index contributed by atoms with van der Waals surface area (Å²) in [5.41, 5.74) is 4.70. The van der Waals surface area contributed by atoms with E-state index in [0.29, 0.717) is 30.7 Å². The number of carbonyl (C=O) groups is 2. The highest BCUT2D eigenvalue weighted by Crippen LogP contribution is 2.40. The fourth-order valence-electron chi connectivity index (χ4n) is 6.27. The largest absolute Gasteiger partial charge is 0.494 e. The zero-order valence-electron chi connectivity index (χ0n) is 25.2. The number of amides is 2. The fourth-order valence-corrected chi connectivity index (χ4v) is 7.50. The molecule has 228 valence electrons. The summed E-state index contributed by atoms with van der Waals surface area (Å²) < 4.78 is 13.3. The van der Waals surface area contributed by atoms with Crippen molar-refractivity contribution in [3.05, 3.63) is 119 Å². The molecule has 6 nitrogen and oxygen atoms in total. The van der Waals surface area contributed by atoms with E-state index >= 15 is 0 Å². The van der Waals surface area contributed by atoms with Crippen LogP contribution in [0, 0.1) is 0 Å². The van der Waals surface area contributed by atoms with Gasteiger partial charge < -0.3 is 9.47 Å². The molecule has 0 atom stereocenters. The first-order chi connectivity index (χ1) is 22.1. The number of imide groups is 1. The first kappa shape index (κ1) is 29.3. The van der Waals surface area contributed by atoms with E-state index in [2.05, 4.69) is 65.6 Å².